The van der Waals surface area contributed by atoms with E-state index in [2.05, 4.69) is 37.9 Å². The number of hydrogen-bond acceptors (Lipinski definition) is 1. The molecule has 2 aromatic rings. The first-order valence-corrected chi connectivity index (χ1v) is 5.56. The van der Waals surface area contributed by atoms with Crippen LogP contribution in [-0.4, -0.2) is 4.98 Å². The van der Waals surface area contributed by atoms with Gasteiger partial charge >= 0.3 is 0 Å². The molecule has 0 aliphatic heterocycles. The van der Waals surface area contributed by atoms with Crippen LogP contribution in [-0.2, 0) is 6.42 Å². The molecule has 2 rings (SSSR count). The Morgan fingerprint density at radius 3 is 2.56 bits per heavy atom. The van der Waals surface area contributed by atoms with Gasteiger partial charge in [-0.15, -0.1) is 0 Å². The number of fused-ring (bicyclic) bond motifs is 1. The van der Waals surface area contributed by atoms with Crippen LogP contribution in [0.25, 0.3) is 10.9 Å². The van der Waals surface area contributed by atoms with Gasteiger partial charge in [0.25, 0.3) is 0 Å². The van der Waals surface area contributed by atoms with Gasteiger partial charge in [0, 0.05) is 11.6 Å². The maximum Gasteiger partial charge on any atom is 0.248 e. The topological polar surface area (TPSA) is 32.9 Å². The lowest BCUT2D eigenvalue weighted by atomic mass is 9.88. The van der Waals surface area contributed by atoms with Gasteiger partial charge in [-0.25, -0.2) is 0 Å². The second-order valence-electron chi connectivity index (χ2n) is 5.48. The van der Waals surface area contributed by atoms with Crippen LogP contribution in [0, 0.1) is 5.41 Å². The summed E-state index contributed by atoms with van der Waals surface area (Å²) in [5.74, 6) is 0. The van der Waals surface area contributed by atoms with Gasteiger partial charge in [0.2, 0.25) is 5.56 Å². The van der Waals surface area contributed by atoms with E-state index in [1.807, 2.05) is 12.1 Å². The maximum atomic E-state index is 11.1. The molecule has 0 spiro atoms. The van der Waals surface area contributed by atoms with Gasteiger partial charge in [-0.2, -0.15) is 0 Å². The van der Waals surface area contributed by atoms with Gasteiger partial charge in [0.15, 0.2) is 0 Å². The Hall–Kier alpha value is -1.57. The third-order valence-electron chi connectivity index (χ3n) is 2.52. The molecule has 1 N–H and O–H groups in total. The largest absolute Gasteiger partial charge is 0.322 e. The van der Waals surface area contributed by atoms with Crippen molar-refractivity contribution in [1.82, 2.24) is 4.98 Å². The molecule has 0 amide bonds. The van der Waals surface area contributed by atoms with Crippen LogP contribution in [0.15, 0.2) is 35.1 Å². The van der Waals surface area contributed by atoms with E-state index in [9.17, 15) is 4.79 Å². The number of hydrogen-bond donors (Lipinski definition) is 1. The van der Waals surface area contributed by atoms with Gasteiger partial charge < -0.3 is 4.98 Å². The number of nitrogens with one attached hydrogen (secondary N) is 1. The Balaban J connectivity index is 2.45. The summed E-state index contributed by atoms with van der Waals surface area (Å²) < 4.78 is 0. The second kappa shape index (κ2) is 3.78. The van der Waals surface area contributed by atoms with Crippen molar-refractivity contribution < 1.29 is 0 Å². The van der Waals surface area contributed by atoms with Crippen molar-refractivity contribution in [2.24, 2.45) is 5.41 Å². The SMILES string of the molecule is CC(C)(C)Cc1ccc2[nH]c(=O)ccc2c1. The molecule has 16 heavy (non-hydrogen) atoms. The predicted molar refractivity (Wildman–Crippen MR) is 67.7 cm³/mol. The Morgan fingerprint density at radius 1 is 1.12 bits per heavy atom. The fourth-order valence-corrected chi connectivity index (χ4v) is 1.93. The summed E-state index contributed by atoms with van der Waals surface area (Å²) >= 11 is 0. The molecule has 2 heteroatoms. The Bertz CT molecular complexity index is 561. The summed E-state index contributed by atoms with van der Waals surface area (Å²) in [4.78, 5) is 14.0. The highest BCUT2D eigenvalue weighted by Crippen LogP contribution is 2.22. The van der Waals surface area contributed by atoms with Gasteiger partial charge in [-0.1, -0.05) is 26.8 Å². The van der Waals surface area contributed by atoms with Gasteiger partial charge in [-0.3, -0.25) is 4.79 Å². The van der Waals surface area contributed by atoms with Crippen molar-refractivity contribution >= 4 is 10.9 Å². The van der Waals surface area contributed by atoms with E-state index in [0.29, 0.717) is 0 Å². The average molecular weight is 215 g/mol. The zero-order valence-corrected chi connectivity index (χ0v) is 10.0. The normalized spacial score (nSPS) is 11.9. The van der Waals surface area contributed by atoms with Crippen LogP contribution in [0.2, 0.25) is 0 Å². The fraction of sp³-hybridized carbons (Fsp3) is 0.357. The second-order valence-corrected chi connectivity index (χ2v) is 5.48. The Labute approximate surface area is 95.3 Å². The molecule has 0 aliphatic carbocycles. The minimum absolute atomic E-state index is 0.0453. The zero-order chi connectivity index (χ0) is 11.8. The van der Waals surface area contributed by atoms with Crippen LogP contribution < -0.4 is 5.56 Å². The molecule has 2 nitrogen and oxygen atoms in total. The zero-order valence-electron chi connectivity index (χ0n) is 10.0. The smallest absolute Gasteiger partial charge is 0.248 e. The number of H-pyrrole nitrogens is 1. The molecule has 0 fully saturated rings. The van der Waals surface area contributed by atoms with Crippen LogP contribution in [0.5, 0.6) is 0 Å². The monoisotopic (exact) mass is 215 g/mol. The van der Waals surface area contributed by atoms with Crippen molar-refractivity contribution in [3.05, 3.63) is 46.2 Å². The Morgan fingerprint density at radius 2 is 1.88 bits per heavy atom. The summed E-state index contributed by atoms with van der Waals surface area (Å²) in [5.41, 5.74) is 2.46. The lowest BCUT2D eigenvalue weighted by Crippen LogP contribution is -2.09. The van der Waals surface area contributed by atoms with E-state index in [1.54, 1.807) is 6.07 Å². The lowest BCUT2D eigenvalue weighted by molar-refractivity contribution is 0.411. The molecule has 0 unspecified atom stereocenters. The average Bonchev–Trinajstić information content (AvgIpc) is 2.16. The maximum absolute atomic E-state index is 11.1. The minimum Gasteiger partial charge on any atom is -0.322 e. The number of pyridine rings is 1. The molecule has 0 aliphatic rings. The van der Waals surface area contributed by atoms with Gasteiger partial charge in [0.1, 0.15) is 0 Å². The van der Waals surface area contributed by atoms with Gasteiger partial charge in [0.05, 0.1) is 0 Å². The van der Waals surface area contributed by atoms with E-state index >= 15 is 0 Å². The third-order valence-corrected chi connectivity index (χ3v) is 2.52. The van der Waals surface area contributed by atoms with E-state index in [1.165, 1.54) is 5.56 Å². The highest BCUT2D eigenvalue weighted by molar-refractivity contribution is 5.78. The summed E-state index contributed by atoms with van der Waals surface area (Å²) in [6, 6.07) is 9.67. The fourth-order valence-electron chi connectivity index (χ4n) is 1.93. The summed E-state index contributed by atoms with van der Waals surface area (Å²) in [7, 11) is 0. The minimum atomic E-state index is -0.0453. The lowest BCUT2D eigenvalue weighted by Gasteiger charge is -2.18. The summed E-state index contributed by atoms with van der Waals surface area (Å²) in [6.45, 7) is 6.68. The highest BCUT2D eigenvalue weighted by Gasteiger charge is 2.11. The first-order valence-electron chi connectivity index (χ1n) is 5.56. The molecule has 84 valence electrons. The molecule has 1 aromatic heterocycles. The molecule has 0 saturated carbocycles. The molecular weight excluding hydrogens is 198 g/mol. The van der Waals surface area contributed by atoms with Crippen molar-refractivity contribution in [3.8, 4) is 0 Å². The van der Waals surface area contributed by atoms with Crippen molar-refractivity contribution in [2.75, 3.05) is 0 Å². The van der Waals surface area contributed by atoms with Crippen molar-refractivity contribution in [2.45, 2.75) is 27.2 Å². The molecule has 1 aromatic carbocycles. The predicted octanol–water partition coefficient (Wildman–Crippen LogP) is 3.12. The standard InChI is InChI=1S/C14H17NO/c1-14(2,3)9-10-4-6-12-11(8-10)5-7-13(16)15-12/h4-8H,9H2,1-3H3,(H,15,16). The first-order chi connectivity index (χ1) is 7.44. The number of rotatable bonds is 1. The van der Waals surface area contributed by atoms with Crippen molar-refractivity contribution in [3.63, 3.8) is 0 Å². The Kier molecular flexibility index (Phi) is 2.58. The van der Waals surface area contributed by atoms with Crippen molar-refractivity contribution in [1.29, 1.82) is 0 Å². The molecule has 0 atom stereocenters. The quantitative estimate of drug-likeness (QED) is 0.779. The number of benzene rings is 1. The molecule has 1 heterocycles. The first kappa shape index (κ1) is 10.9. The number of aromatic nitrogens is 1. The van der Waals surface area contributed by atoms with Crippen LogP contribution in [0.3, 0.4) is 0 Å². The van der Waals surface area contributed by atoms with Crippen LogP contribution >= 0.6 is 0 Å². The van der Waals surface area contributed by atoms with Crippen LogP contribution in [0.4, 0.5) is 0 Å². The van der Waals surface area contributed by atoms with Crippen LogP contribution in [0.1, 0.15) is 26.3 Å². The summed E-state index contributed by atoms with van der Waals surface area (Å²) in [6.07, 6.45) is 1.04. The van der Waals surface area contributed by atoms with E-state index < -0.39 is 0 Å². The molecule has 0 saturated heterocycles. The third kappa shape index (κ3) is 2.51. The molecule has 0 bridgehead atoms. The number of aromatic amines is 1. The van der Waals surface area contributed by atoms with E-state index in [0.717, 1.165) is 17.3 Å². The molecular formula is C14H17NO. The van der Waals surface area contributed by atoms with Gasteiger partial charge in [-0.05, 0) is 41.0 Å². The highest BCUT2D eigenvalue weighted by atomic mass is 16.1. The van der Waals surface area contributed by atoms with E-state index in [-0.39, 0.29) is 11.0 Å². The van der Waals surface area contributed by atoms with E-state index in [4.69, 9.17) is 0 Å². The summed E-state index contributed by atoms with van der Waals surface area (Å²) in [5, 5.41) is 1.10. The molecule has 0 radical (unpaired) electrons.